The standard InChI is InChI=1S/C14H11NO3/c1-9-10(6-7-17-9)12(16)8-14-15-11-4-2-3-5-13(11)18-14/h2-7H,8H2,1H3. The summed E-state index contributed by atoms with van der Waals surface area (Å²) in [6.07, 6.45) is 1.66. The molecule has 4 nitrogen and oxygen atoms in total. The summed E-state index contributed by atoms with van der Waals surface area (Å²) in [6.45, 7) is 1.76. The maximum atomic E-state index is 12.0. The van der Waals surface area contributed by atoms with E-state index in [2.05, 4.69) is 4.98 Å². The number of para-hydroxylation sites is 2. The molecular formula is C14H11NO3. The molecule has 90 valence electrons. The minimum atomic E-state index is -0.0483. The highest BCUT2D eigenvalue weighted by Crippen LogP contribution is 2.17. The lowest BCUT2D eigenvalue weighted by molar-refractivity contribution is 0.0984. The molecule has 0 aliphatic heterocycles. The van der Waals surface area contributed by atoms with Gasteiger partial charge in [0.25, 0.3) is 0 Å². The smallest absolute Gasteiger partial charge is 0.203 e. The van der Waals surface area contributed by atoms with Crippen molar-refractivity contribution in [3.05, 3.63) is 53.8 Å². The van der Waals surface area contributed by atoms with Gasteiger partial charge in [-0.15, -0.1) is 0 Å². The summed E-state index contributed by atoms with van der Waals surface area (Å²) >= 11 is 0. The van der Waals surface area contributed by atoms with Crippen LogP contribution in [0.3, 0.4) is 0 Å². The Morgan fingerprint density at radius 3 is 2.83 bits per heavy atom. The van der Waals surface area contributed by atoms with Gasteiger partial charge in [0.1, 0.15) is 11.3 Å². The summed E-state index contributed by atoms with van der Waals surface area (Å²) in [6, 6.07) is 9.12. The molecule has 3 aromatic rings. The van der Waals surface area contributed by atoms with Crippen molar-refractivity contribution in [2.24, 2.45) is 0 Å². The molecule has 0 N–H and O–H groups in total. The zero-order valence-corrected chi connectivity index (χ0v) is 9.84. The Morgan fingerprint density at radius 2 is 2.11 bits per heavy atom. The largest absolute Gasteiger partial charge is 0.469 e. The first-order valence-corrected chi connectivity index (χ1v) is 5.66. The van der Waals surface area contributed by atoms with E-state index in [-0.39, 0.29) is 12.2 Å². The minimum absolute atomic E-state index is 0.0483. The molecule has 0 radical (unpaired) electrons. The third kappa shape index (κ3) is 1.82. The number of aryl methyl sites for hydroxylation is 1. The fourth-order valence-electron chi connectivity index (χ4n) is 1.90. The molecule has 0 saturated carbocycles. The monoisotopic (exact) mass is 241 g/mol. The Morgan fingerprint density at radius 1 is 1.28 bits per heavy atom. The first-order valence-electron chi connectivity index (χ1n) is 5.66. The number of aromatic nitrogens is 1. The van der Waals surface area contributed by atoms with Crippen LogP contribution in [-0.2, 0) is 6.42 Å². The van der Waals surface area contributed by atoms with Gasteiger partial charge in [-0.3, -0.25) is 4.79 Å². The number of ketones is 1. The average Bonchev–Trinajstić information content (AvgIpc) is 2.94. The molecule has 0 aliphatic rings. The third-order valence-corrected chi connectivity index (χ3v) is 2.81. The molecular weight excluding hydrogens is 230 g/mol. The maximum Gasteiger partial charge on any atom is 0.203 e. The first-order chi connectivity index (χ1) is 8.74. The van der Waals surface area contributed by atoms with Gasteiger partial charge in [0.05, 0.1) is 18.2 Å². The number of oxazole rings is 1. The van der Waals surface area contributed by atoms with Crippen LogP contribution < -0.4 is 0 Å². The number of furan rings is 1. The van der Waals surface area contributed by atoms with Gasteiger partial charge in [-0.2, -0.15) is 0 Å². The summed E-state index contributed by atoms with van der Waals surface area (Å²) in [5.41, 5.74) is 2.05. The summed E-state index contributed by atoms with van der Waals surface area (Å²) in [5, 5.41) is 0. The van der Waals surface area contributed by atoms with E-state index in [1.54, 1.807) is 13.0 Å². The van der Waals surface area contributed by atoms with Crippen molar-refractivity contribution < 1.29 is 13.6 Å². The van der Waals surface area contributed by atoms with Crippen LogP contribution in [0.25, 0.3) is 11.1 Å². The molecule has 2 heterocycles. The van der Waals surface area contributed by atoms with E-state index < -0.39 is 0 Å². The first kappa shape index (κ1) is 10.8. The number of carbonyl (C=O) groups excluding carboxylic acids is 1. The molecule has 0 spiro atoms. The molecule has 3 rings (SSSR count). The number of benzene rings is 1. The highest BCUT2D eigenvalue weighted by Gasteiger charge is 2.15. The average molecular weight is 241 g/mol. The van der Waals surface area contributed by atoms with E-state index in [9.17, 15) is 4.79 Å². The van der Waals surface area contributed by atoms with Crippen molar-refractivity contribution in [3.63, 3.8) is 0 Å². The quantitative estimate of drug-likeness (QED) is 0.661. The van der Waals surface area contributed by atoms with Crippen LogP contribution in [0.2, 0.25) is 0 Å². The zero-order valence-electron chi connectivity index (χ0n) is 9.84. The molecule has 0 amide bonds. The van der Waals surface area contributed by atoms with Gasteiger partial charge < -0.3 is 8.83 Å². The number of hydrogen-bond acceptors (Lipinski definition) is 4. The molecule has 0 saturated heterocycles. The van der Waals surface area contributed by atoms with Crippen LogP contribution >= 0.6 is 0 Å². The van der Waals surface area contributed by atoms with Crippen LogP contribution in [0, 0.1) is 6.92 Å². The summed E-state index contributed by atoms with van der Waals surface area (Å²) < 4.78 is 10.6. The van der Waals surface area contributed by atoms with Crippen molar-refractivity contribution in [2.45, 2.75) is 13.3 Å². The van der Waals surface area contributed by atoms with E-state index in [0.717, 1.165) is 5.52 Å². The fraction of sp³-hybridized carbons (Fsp3) is 0.143. The lowest BCUT2D eigenvalue weighted by Crippen LogP contribution is -2.03. The Kier molecular flexibility index (Phi) is 2.48. The number of fused-ring (bicyclic) bond motifs is 1. The molecule has 0 fully saturated rings. The topological polar surface area (TPSA) is 56.2 Å². The van der Waals surface area contributed by atoms with Gasteiger partial charge in [-0.1, -0.05) is 12.1 Å². The van der Waals surface area contributed by atoms with E-state index >= 15 is 0 Å². The molecule has 1 aromatic carbocycles. The Bertz CT molecular complexity index is 675. The second kappa shape index (κ2) is 4.14. The van der Waals surface area contributed by atoms with Gasteiger partial charge in [-0.05, 0) is 25.1 Å². The normalized spacial score (nSPS) is 10.9. The minimum Gasteiger partial charge on any atom is -0.469 e. The van der Waals surface area contributed by atoms with Crippen LogP contribution in [0.1, 0.15) is 22.0 Å². The third-order valence-electron chi connectivity index (χ3n) is 2.81. The highest BCUT2D eigenvalue weighted by atomic mass is 16.3. The second-order valence-corrected chi connectivity index (χ2v) is 4.07. The fourth-order valence-corrected chi connectivity index (χ4v) is 1.90. The Labute approximate surface area is 103 Å². The van der Waals surface area contributed by atoms with Gasteiger partial charge in [-0.25, -0.2) is 4.98 Å². The zero-order chi connectivity index (χ0) is 12.5. The molecule has 0 bridgehead atoms. The van der Waals surface area contributed by atoms with E-state index in [1.165, 1.54) is 6.26 Å². The molecule has 0 unspecified atom stereocenters. The number of carbonyl (C=O) groups is 1. The van der Waals surface area contributed by atoms with Crippen molar-refractivity contribution in [3.8, 4) is 0 Å². The van der Waals surface area contributed by atoms with Crippen molar-refractivity contribution in [2.75, 3.05) is 0 Å². The number of hydrogen-bond donors (Lipinski definition) is 0. The predicted molar refractivity (Wildman–Crippen MR) is 65.5 cm³/mol. The van der Waals surface area contributed by atoms with Crippen LogP contribution in [0.15, 0.2) is 45.4 Å². The Hall–Kier alpha value is -2.36. The van der Waals surface area contributed by atoms with Gasteiger partial charge >= 0.3 is 0 Å². The van der Waals surface area contributed by atoms with Crippen molar-refractivity contribution in [1.82, 2.24) is 4.98 Å². The maximum absolute atomic E-state index is 12.0. The van der Waals surface area contributed by atoms with Gasteiger partial charge in [0, 0.05) is 0 Å². The molecule has 0 aliphatic carbocycles. The van der Waals surface area contributed by atoms with Crippen LogP contribution in [0.5, 0.6) is 0 Å². The lowest BCUT2D eigenvalue weighted by atomic mass is 10.1. The number of rotatable bonds is 3. The predicted octanol–water partition coefficient (Wildman–Crippen LogP) is 3.15. The SMILES string of the molecule is Cc1occc1C(=O)Cc1nc2ccccc2o1. The van der Waals surface area contributed by atoms with Crippen molar-refractivity contribution >= 4 is 16.9 Å². The van der Waals surface area contributed by atoms with Crippen LogP contribution in [0.4, 0.5) is 0 Å². The summed E-state index contributed by atoms with van der Waals surface area (Å²) in [5.74, 6) is 1.01. The summed E-state index contributed by atoms with van der Waals surface area (Å²) in [4.78, 5) is 16.3. The van der Waals surface area contributed by atoms with E-state index in [0.29, 0.717) is 22.8 Å². The number of nitrogens with zero attached hydrogens (tertiary/aromatic N) is 1. The summed E-state index contributed by atoms with van der Waals surface area (Å²) in [7, 11) is 0. The van der Waals surface area contributed by atoms with Gasteiger partial charge in [0.15, 0.2) is 11.4 Å². The molecule has 2 aromatic heterocycles. The molecule has 18 heavy (non-hydrogen) atoms. The molecule has 4 heteroatoms. The molecule has 0 atom stereocenters. The van der Waals surface area contributed by atoms with E-state index in [1.807, 2.05) is 24.3 Å². The highest BCUT2D eigenvalue weighted by molar-refractivity contribution is 5.98. The van der Waals surface area contributed by atoms with Gasteiger partial charge in [0.2, 0.25) is 5.89 Å². The van der Waals surface area contributed by atoms with Crippen LogP contribution in [-0.4, -0.2) is 10.8 Å². The number of Topliss-reactive ketones (excluding diaryl/α,β-unsaturated/α-hetero) is 1. The van der Waals surface area contributed by atoms with E-state index in [4.69, 9.17) is 8.83 Å². The Balaban J connectivity index is 1.88. The van der Waals surface area contributed by atoms with Crippen molar-refractivity contribution in [1.29, 1.82) is 0 Å². The lowest BCUT2D eigenvalue weighted by Gasteiger charge is -1.94. The second-order valence-electron chi connectivity index (χ2n) is 4.07.